The fraction of sp³-hybridized carbons (Fsp3) is 0.462. The Labute approximate surface area is 112 Å². The van der Waals surface area contributed by atoms with Crippen LogP contribution in [0.5, 0.6) is 11.5 Å². The molecule has 6 heteroatoms. The van der Waals surface area contributed by atoms with E-state index in [9.17, 15) is 4.79 Å². The second kappa shape index (κ2) is 6.40. The number of ether oxygens (including phenoxy) is 4. The van der Waals surface area contributed by atoms with Gasteiger partial charge in [0.1, 0.15) is 18.1 Å². The SMILES string of the molecule is COc1ccc(OCC(C)(OC)OC)c(C(N)=O)c1. The zero-order valence-electron chi connectivity index (χ0n) is 11.6. The van der Waals surface area contributed by atoms with Gasteiger partial charge in [0.2, 0.25) is 0 Å². The first-order valence-electron chi connectivity index (χ1n) is 5.66. The van der Waals surface area contributed by atoms with Crippen molar-refractivity contribution in [2.75, 3.05) is 27.9 Å². The van der Waals surface area contributed by atoms with Gasteiger partial charge < -0.3 is 24.7 Å². The van der Waals surface area contributed by atoms with Gasteiger partial charge in [-0.1, -0.05) is 0 Å². The Balaban J connectivity index is 2.92. The molecule has 0 heterocycles. The van der Waals surface area contributed by atoms with Crippen molar-refractivity contribution in [1.82, 2.24) is 0 Å². The molecule has 1 amide bonds. The highest BCUT2D eigenvalue weighted by molar-refractivity contribution is 5.96. The molecule has 0 radical (unpaired) electrons. The minimum Gasteiger partial charge on any atom is -0.497 e. The van der Waals surface area contributed by atoms with E-state index in [2.05, 4.69) is 0 Å². The third-order valence-electron chi connectivity index (χ3n) is 2.81. The number of amides is 1. The molecule has 0 aliphatic rings. The molecule has 0 saturated carbocycles. The zero-order valence-corrected chi connectivity index (χ0v) is 11.6. The van der Waals surface area contributed by atoms with Gasteiger partial charge in [0.05, 0.1) is 12.7 Å². The molecule has 1 rings (SSSR count). The standard InChI is InChI=1S/C13H19NO5/c1-13(17-3,18-4)8-19-11-6-5-9(16-2)7-10(11)12(14)15/h5-7H,8H2,1-4H3,(H2,14,15). The van der Waals surface area contributed by atoms with E-state index >= 15 is 0 Å². The maximum atomic E-state index is 11.4. The molecule has 0 aromatic heterocycles. The fourth-order valence-electron chi connectivity index (χ4n) is 1.36. The lowest BCUT2D eigenvalue weighted by atomic mass is 10.2. The normalized spacial score (nSPS) is 11.2. The van der Waals surface area contributed by atoms with Crippen LogP contribution < -0.4 is 15.2 Å². The molecule has 6 nitrogen and oxygen atoms in total. The van der Waals surface area contributed by atoms with Gasteiger partial charge in [0.15, 0.2) is 5.79 Å². The van der Waals surface area contributed by atoms with E-state index in [4.69, 9.17) is 24.7 Å². The van der Waals surface area contributed by atoms with Crippen molar-refractivity contribution in [3.05, 3.63) is 23.8 Å². The summed E-state index contributed by atoms with van der Waals surface area (Å²) in [5, 5.41) is 0. The van der Waals surface area contributed by atoms with Gasteiger partial charge in [-0.25, -0.2) is 0 Å². The molecular weight excluding hydrogens is 250 g/mol. The maximum Gasteiger partial charge on any atom is 0.252 e. The molecule has 0 saturated heterocycles. The number of hydrogen-bond donors (Lipinski definition) is 1. The van der Waals surface area contributed by atoms with Crippen LogP contribution in [-0.4, -0.2) is 39.6 Å². The van der Waals surface area contributed by atoms with Crippen LogP contribution in [0.25, 0.3) is 0 Å². The van der Waals surface area contributed by atoms with Crippen LogP contribution in [0.3, 0.4) is 0 Å². The first-order chi connectivity index (χ1) is 8.95. The monoisotopic (exact) mass is 269 g/mol. The summed E-state index contributed by atoms with van der Waals surface area (Å²) in [6.45, 7) is 1.84. The number of nitrogens with two attached hydrogens (primary N) is 1. The van der Waals surface area contributed by atoms with Gasteiger partial charge in [-0.3, -0.25) is 4.79 Å². The van der Waals surface area contributed by atoms with Crippen molar-refractivity contribution >= 4 is 5.91 Å². The molecule has 0 fully saturated rings. The number of benzene rings is 1. The number of primary amides is 1. The Bertz CT molecular complexity index is 443. The van der Waals surface area contributed by atoms with Gasteiger partial charge >= 0.3 is 0 Å². The fourth-order valence-corrected chi connectivity index (χ4v) is 1.36. The van der Waals surface area contributed by atoms with Crippen molar-refractivity contribution in [3.63, 3.8) is 0 Å². The van der Waals surface area contributed by atoms with Gasteiger partial charge in [-0.15, -0.1) is 0 Å². The number of hydrogen-bond acceptors (Lipinski definition) is 5. The summed E-state index contributed by atoms with van der Waals surface area (Å²) in [5.41, 5.74) is 5.55. The van der Waals surface area contributed by atoms with Crippen molar-refractivity contribution < 1.29 is 23.7 Å². The lowest BCUT2D eigenvalue weighted by Crippen LogP contribution is -2.37. The minimum absolute atomic E-state index is 0.118. The van der Waals surface area contributed by atoms with Crippen molar-refractivity contribution in [1.29, 1.82) is 0 Å². The molecule has 2 N–H and O–H groups in total. The lowest BCUT2D eigenvalue weighted by Gasteiger charge is -2.26. The third kappa shape index (κ3) is 3.84. The average molecular weight is 269 g/mol. The second-order valence-corrected chi connectivity index (χ2v) is 4.06. The molecule has 1 aromatic carbocycles. The summed E-state index contributed by atoms with van der Waals surface area (Å²) >= 11 is 0. The number of carbonyl (C=O) groups is 1. The highest BCUT2D eigenvalue weighted by Gasteiger charge is 2.24. The van der Waals surface area contributed by atoms with E-state index in [0.717, 1.165) is 0 Å². The number of rotatable bonds is 7. The van der Waals surface area contributed by atoms with E-state index < -0.39 is 11.7 Å². The van der Waals surface area contributed by atoms with Gasteiger partial charge in [-0.2, -0.15) is 0 Å². The highest BCUT2D eigenvalue weighted by atomic mass is 16.7. The highest BCUT2D eigenvalue weighted by Crippen LogP contribution is 2.25. The molecule has 0 spiro atoms. The van der Waals surface area contributed by atoms with Gasteiger partial charge in [-0.05, 0) is 25.1 Å². The summed E-state index contributed by atoms with van der Waals surface area (Å²) in [4.78, 5) is 11.4. The van der Waals surface area contributed by atoms with E-state index in [1.54, 1.807) is 19.1 Å². The van der Waals surface area contributed by atoms with Crippen LogP contribution >= 0.6 is 0 Å². The van der Waals surface area contributed by atoms with E-state index in [-0.39, 0.29) is 12.2 Å². The first kappa shape index (κ1) is 15.3. The van der Waals surface area contributed by atoms with Crippen LogP contribution in [-0.2, 0) is 9.47 Å². The van der Waals surface area contributed by atoms with E-state index in [1.165, 1.54) is 27.4 Å². The van der Waals surface area contributed by atoms with Crippen molar-refractivity contribution in [2.45, 2.75) is 12.7 Å². The predicted octanol–water partition coefficient (Wildman–Crippen LogP) is 1.18. The summed E-state index contributed by atoms with van der Waals surface area (Å²) in [6, 6.07) is 4.82. The molecule has 0 bridgehead atoms. The molecular formula is C13H19NO5. The quantitative estimate of drug-likeness (QED) is 0.752. The maximum absolute atomic E-state index is 11.4. The van der Waals surface area contributed by atoms with E-state index in [0.29, 0.717) is 11.5 Å². The van der Waals surface area contributed by atoms with Crippen LogP contribution in [0.2, 0.25) is 0 Å². The Morgan fingerprint density at radius 2 is 1.89 bits per heavy atom. The molecule has 0 aliphatic heterocycles. The predicted molar refractivity (Wildman–Crippen MR) is 69.4 cm³/mol. The summed E-state index contributed by atoms with van der Waals surface area (Å²) in [6.07, 6.45) is 0. The van der Waals surface area contributed by atoms with Crippen LogP contribution in [0.15, 0.2) is 18.2 Å². The smallest absolute Gasteiger partial charge is 0.252 e. The topological polar surface area (TPSA) is 80.0 Å². The van der Waals surface area contributed by atoms with E-state index in [1.807, 2.05) is 0 Å². The zero-order chi connectivity index (χ0) is 14.5. The van der Waals surface area contributed by atoms with Crippen molar-refractivity contribution in [3.8, 4) is 11.5 Å². The van der Waals surface area contributed by atoms with Crippen molar-refractivity contribution in [2.24, 2.45) is 5.73 Å². The molecule has 0 aliphatic carbocycles. The minimum atomic E-state index is -0.894. The molecule has 106 valence electrons. The number of methoxy groups -OCH3 is 3. The lowest BCUT2D eigenvalue weighted by molar-refractivity contribution is -0.209. The summed E-state index contributed by atoms with van der Waals surface area (Å²) in [5.74, 6) is -0.601. The van der Waals surface area contributed by atoms with Gasteiger partial charge in [0.25, 0.3) is 5.91 Å². The first-order valence-corrected chi connectivity index (χ1v) is 5.66. The average Bonchev–Trinajstić information content (AvgIpc) is 2.44. The molecule has 1 aromatic rings. The second-order valence-electron chi connectivity index (χ2n) is 4.06. The Kier molecular flexibility index (Phi) is 5.14. The largest absolute Gasteiger partial charge is 0.497 e. The summed E-state index contributed by atoms with van der Waals surface area (Å²) < 4.78 is 20.9. The molecule has 0 unspecified atom stereocenters. The Morgan fingerprint density at radius 3 is 2.37 bits per heavy atom. The molecule has 0 atom stereocenters. The van der Waals surface area contributed by atoms with Crippen LogP contribution in [0.4, 0.5) is 0 Å². The van der Waals surface area contributed by atoms with Crippen LogP contribution in [0, 0.1) is 0 Å². The Morgan fingerprint density at radius 1 is 1.26 bits per heavy atom. The third-order valence-corrected chi connectivity index (χ3v) is 2.81. The Hall–Kier alpha value is -1.79. The van der Waals surface area contributed by atoms with Gasteiger partial charge in [0, 0.05) is 14.2 Å². The number of carbonyl (C=O) groups excluding carboxylic acids is 1. The molecule has 19 heavy (non-hydrogen) atoms. The van der Waals surface area contributed by atoms with Crippen LogP contribution in [0.1, 0.15) is 17.3 Å². The summed E-state index contributed by atoms with van der Waals surface area (Å²) in [7, 11) is 4.53.